The maximum Gasteiger partial charge on any atom is 0.194 e. The third kappa shape index (κ3) is 2.58. The van der Waals surface area contributed by atoms with Gasteiger partial charge in [-0.05, 0) is 30.3 Å². The van der Waals surface area contributed by atoms with Crippen molar-refractivity contribution < 1.29 is 18.3 Å². The van der Waals surface area contributed by atoms with Gasteiger partial charge in [-0.15, -0.1) is 0 Å². The van der Waals surface area contributed by atoms with Crippen LogP contribution in [0.25, 0.3) is 0 Å². The Labute approximate surface area is 118 Å². The average molecular weight is 298 g/mol. The summed E-state index contributed by atoms with van der Waals surface area (Å²) in [6.45, 7) is 0. The van der Waals surface area contributed by atoms with Gasteiger partial charge in [-0.1, -0.05) is 11.6 Å². The summed E-state index contributed by atoms with van der Waals surface area (Å²) >= 11 is 5.76. The summed E-state index contributed by atoms with van der Waals surface area (Å²) in [6.07, 6.45) is 0. The van der Waals surface area contributed by atoms with E-state index in [4.69, 9.17) is 22.1 Å². The van der Waals surface area contributed by atoms with Crippen molar-refractivity contribution in [2.75, 3.05) is 12.8 Å². The number of ketones is 1. The molecule has 20 heavy (non-hydrogen) atoms. The molecule has 0 saturated heterocycles. The second kappa shape index (κ2) is 5.46. The van der Waals surface area contributed by atoms with E-state index in [0.29, 0.717) is 5.75 Å². The Kier molecular flexibility index (Phi) is 3.90. The van der Waals surface area contributed by atoms with Crippen LogP contribution >= 0.6 is 11.6 Å². The zero-order valence-corrected chi connectivity index (χ0v) is 11.2. The first-order valence-electron chi connectivity index (χ1n) is 5.56. The minimum Gasteiger partial charge on any atom is -0.495 e. The van der Waals surface area contributed by atoms with Crippen LogP contribution in [0.2, 0.25) is 5.02 Å². The van der Waals surface area contributed by atoms with E-state index in [-0.39, 0.29) is 21.8 Å². The number of anilines is 1. The first kappa shape index (κ1) is 14.3. The van der Waals surface area contributed by atoms with Gasteiger partial charge in [-0.3, -0.25) is 4.79 Å². The van der Waals surface area contributed by atoms with E-state index in [9.17, 15) is 13.6 Å². The van der Waals surface area contributed by atoms with Crippen LogP contribution in [0, 0.1) is 11.6 Å². The van der Waals surface area contributed by atoms with Crippen LogP contribution in [-0.4, -0.2) is 12.9 Å². The highest BCUT2D eigenvalue weighted by atomic mass is 35.5. The van der Waals surface area contributed by atoms with E-state index in [2.05, 4.69) is 0 Å². The third-order valence-corrected chi connectivity index (χ3v) is 3.06. The van der Waals surface area contributed by atoms with Crippen molar-refractivity contribution in [2.45, 2.75) is 0 Å². The van der Waals surface area contributed by atoms with E-state index in [1.807, 2.05) is 0 Å². The summed E-state index contributed by atoms with van der Waals surface area (Å²) in [5, 5.41) is -0.164. The fraction of sp³-hybridized carbons (Fsp3) is 0.0714. The zero-order valence-electron chi connectivity index (χ0n) is 10.4. The summed E-state index contributed by atoms with van der Waals surface area (Å²) < 4.78 is 31.2. The van der Waals surface area contributed by atoms with E-state index < -0.39 is 17.4 Å². The van der Waals surface area contributed by atoms with Gasteiger partial charge in [0.05, 0.1) is 17.8 Å². The minimum absolute atomic E-state index is 0.130. The maximum absolute atomic E-state index is 13.2. The Balaban J connectivity index is 2.46. The van der Waals surface area contributed by atoms with Crippen LogP contribution in [0.1, 0.15) is 15.9 Å². The first-order chi connectivity index (χ1) is 9.43. The molecule has 0 heterocycles. The van der Waals surface area contributed by atoms with Gasteiger partial charge in [0.15, 0.2) is 17.4 Å². The Bertz CT molecular complexity index is 689. The summed E-state index contributed by atoms with van der Waals surface area (Å²) in [7, 11) is 1.44. The van der Waals surface area contributed by atoms with Crippen molar-refractivity contribution in [1.82, 2.24) is 0 Å². The molecule has 0 atom stereocenters. The fourth-order valence-corrected chi connectivity index (χ4v) is 1.96. The molecular formula is C14H10ClF2NO2. The molecule has 0 aliphatic carbocycles. The van der Waals surface area contributed by atoms with Gasteiger partial charge < -0.3 is 10.5 Å². The molecule has 3 nitrogen and oxygen atoms in total. The lowest BCUT2D eigenvalue weighted by atomic mass is 10.0. The quantitative estimate of drug-likeness (QED) is 0.536. The van der Waals surface area contributed by atoms with Crippen LogP contribution in [0.3, 0.4) is 0 Å². The second-order valence-electron chi connectivity index (χ2n) is 4.03. The molecule has 0 saturated carbocycles. The van der Waals surface area contributed by atoms with Crippen LogP contribution in [-0.2, 0) is 0 Å². The van der Waals surface area contributed by atoms with E-state index >= 15 is 0 Å². The molecule has 2 aromatic carbocycles. The van der Waals surface area contributed by atoms with Crippen LogP contribution < -0.4 is 10.5 Å². The summed E-state index contributed by atoms with van der Waals surface area (Å²) in [5.74, 6) is -2.39. The van der Waals surface area contributed by atoms with Gasteiger partial charge in [0.1, 0.15) is 5.75 Å². The predicted molar refractivity (Wildman–Crippen MR) is 72.2 cm³/mol. The molecule has 0 unspecified atom stereocenters. The predicted octanol–water partition coefficient (Wildman–Crippen LogP) is 3.44. The van der Waals surface area contributed by atoms with Crippen molar-refractivity contribution in [3.05, 3.63) is 58.1 Å². The number of rotatable bonds is 3. The Morgan fingerprint density at radius 3 is 2.45 bits per heavy atom. The van der Waals surface area contributed by atoms with Crippen molar-refractivity contribution >= 4 is 23.1 Å². The Hall–Kier alpha value is -2.14. The lowest BCUT2D eigenvalue weighted by Crippen LogP contribution is -2.05. The van der Waals surface area contributed by atoms with Crippen LogP contribution in [0.15, 0.2) is 30.3 Å². The Morgan fingerprint density at radius 2 is 1.85 bits per heavy atom. The number of hydrogen-bond donors (Lipinski definition) is 1. The Morgan fingerprint density at radius 1 is 1.20 bits per heavy atom. The van der Waals surface area contributed by atoms with Gasteiger partial charge in [-0.2, -0.15) is 0 Å². The minimum atomic E-state index is -1.14. The number of benzene rings is 2. The first-order valence-corrected chi connectivity index (χ1v) is 5.94. The zero-order chi connectivity index (χ0) is 14.9. The molecule has 0 spiro atoms. The topological polar surface area (TPSA) is 52.3 Å². The van der Waals surface area contributed by atoms with Gasteiger partial charge in [0, 0.05) is 11.1 Å². The lowest BCUT2D eigenvalue weighted by molar-refractivity contribution is 0.103. The standard InChI is InChI=1S/C14H10ClF2NO2/c1-20-13-3-2-7(4-12(13)18)14(19)8-5-10(16)11(17)6-9(8)15/h2-6H,18H2,1H3. The number of halogens is 3. The van der Waals surface area contributed by atoms with Crippen molar-refractivity contribution in [2.24, 2.45) is 0 Å². The highest BCUT2D eigenvalue weighted by molar-refractivity contribution is 6.35. The number of ether oxygens (including phenoxy) is 1. The normalized spacial score (nSPS) is 10.4. The number of nitrogens with two attached hydrogens (primary N) is 1. The number of hydrogen-bond acceptors (Lipinski definition) is 3. The van der Waals surface area contributed by atoms with Crippen molar-refractivity contribution in [3.8, 4) is 5.75 Å². The molecule has 0 radical (unpaired) electrons. The number of methoxy groups -OCH3 is 1. The molecule has 104 valence electrons. The van der Waals surface area contributed by atoms with Gasteiger partial charge >= 0.3 is 0 Å². The molecule has 0 aromatic heterocycles. The average Bonchev–Trinajstić information content (AvgIpc) is 2.42. The molecule has 0 aliphatic heterocycles. The fourth-order valence-electron chi connectivity index (χ4n) is 1.73. The third-order valence-electron chi connectivity index (χ3n) is 2.75. The van der Waals surface area contributed by atoms with Crippen molar-refractivity contribution in [3.63, 3.8) is 0 Å². The summed E-state index contributed by atoms with van der Waals surface area (Å²) in [6, 6.07) is 5.89. The molecule has 0 aliphatic rings. The molecule has 2 aromatic rings. The van der Waals surface area contributed by atoms with Crippen LogP contribution in [0.4, 0.5) is 14.5 Å². The monoisotopic (exact) mass is 297 g/mol. The maximum atomic E-state index is 13.2. The highest BCUT2D eigenvalue weighted by Gasteiger charge is 2.17. The summed E-state index contributed by atoms with van der Waals surface area (Å²) in [5.41, 5.74) is 6.03. The summed E-state index contributed by atoms with van der Waals surface area (Å²) in [4.78, 5) is 12.2. The van der Waals surface area contributed by atoms with Crippen molar-refractivity contribution in [1.29, 1.82) is 0 Å². The largest absolute Gasteiger partial charge is 0.495 e. The van der Waals surface area contributed by atoms with Gasteiger partial charge in [0.2, 0.25) is 0 Å². The molecule has 0 bridgehead atoms. The molecular weight excluding hydrogens is 288 g/mol. The van der Waals surface area contributed by atoms with E-state index in [0.717, 1.165) is 12.1 Å². The molecule has 2 N–H and O–H groups in total. The molecule has 0 fully saturated rings. The molecule has 6 heteroatoms. The van der Waals surface area contributed by atoms with Crippen LogP contribution in [0.5, 0.6) is 5.75 Å². The number of carbonyl (C=O) groups is 1. The lowest BCUT2D eigenvalue weighted by Gasteiger charge is -2.08. The molecule has 0 amide bonds. The van der Waals surface area contributed by atoms with E-state index in [1.54, 1.807) is 0 Å². The smallest absolute Gasteiger partial charge is 0.194 e. The van der Waals surface area contributed by atoms with Gasteiger partial charge in [-0.25, -0.2) is 8.78 Å². The second-order valence-corrected chi connectivity index (χ2v) is 4.44. The highest BCUT2D eigenvalue weighted by Crippen LogP contribution is 2.26. The SMILES string of the molecule is COc1ccc(C(=O)c2cc(F)c(F)cc2Cl)cc1N. The van der Waals surface area contributed by atoms with Gasteiger partial charge in [0.25, 0.3) is 0 Å². The number of nitrogen functional groups attached to an aromatic ring is 1. The molecule has 2 rings (SSSR count). The number of carbonyl (C=O) groups excluding carboxylic acids is 1. The van der Waals surface area contributed by atoms with E-state index in [1.165, 1.54) is 25.3 Å².